The van der Waals surface area contributed by atoms with Crippen LogP contribution in [0, 0.1) is 6.92 Å². The number of aromatic nitrogens is 5. The largest absolute Gasteiger partial charge is 0.327 e. The molecule has 0 saturated carbocycles. The number of hydrogen-bond donors (Lipinski definition) is 1. The Morgan fingerprint density at radius 3 is 2.70 bits per heavy atom. The van der Waals surface area contributed by atoms with Gasteiger partial charge in [-0.25, -0.2) is 19.9 Å². The quantitative estimate of drug-likeness (QED) is 0.763. The van der Waals surface area contributed by atoms with Gasteiger partial charge in [0.2, 0.25) is 5.82 Å². The van der Waals surface area contributed by atoms with Gasteiger partial charge in [-0.3, -0.25) is 9.78 Å². The van der Waals surface area contributed by atoms with Gasteiger partial charge in [0.05, 0.1) is 6.04 Å². The first-order valence-electron chi connectivity index (χ1n) is 8.82. The van der Waals surface area contributed by atoms with Crippen LogP contribution in [0.4, 0.5) is 11.6 Å². The lowest BCUT2D eigenvalue weighted by molar-refractivity contribution is 0.0720. The van der Waals surface area contributed by atoms with Crippen molar-refractivity contribution in [3.63, 3.8) is 0 Å². The monoisotopic (exact) mass is 361 g/mol. The Morgan fingerprint density at radius 2 is 1.89 bits per heavy atom. The smallest absolute Gasteiger partial charge is 0.292 e. The van der Waals surface area contributed by atoms with Gasteiger partial charge in [-0.15, -0.1) is 0 Å². The highest BCUT2D eigenvalue weighted by atomic mass is 16.2. The van der Waals surface area contributed by atoms with E-state index in [9.17, 15) is 4.79 Å². The number of amides is 1. The molecule has 1 atom stereocenters. The van der Waals surface area contributed by atoms with E-state index >= 15 is 0 Å². The normalized spacial score (nSPS) is 16.3. The zero-order valence-corrected chi connectivity index (χ0v) is 14.9. The number of aryl methyl sites for hydroxylation is 1. The van der Waals surface area contributed by atoms with Crippen LogP contribution in [0.5, 0.6) is 0 Å². The van der Waals surface area contributed by atoms with Crippen LogP contribution in [0.15, 0.2) is 49.1 Å². The van der Waals surface area contributed by atoms with Gasteiger partial charge in [-0.2, -0.15) is 0 Å². The molecule has 1 aliphatic rings. The summed E-state index contributed by atoms with van der Waals surface area (Å²) in [4.78, 5) is 36.2. The molecule has 0 bridgehead atoms. The zero-order chi connectivity index (χ0) is 18.6. The van der Waals surface area contributed by atoms with Crippen LogP contribution in [0.1, 0.15) is 40.9 Å². The molecule has 0 aliphatic carbocycles. The topological polar surface area (TPSA) is 96.8 Å². The molecular weight excluding hydrogens is 342 g/mol. The first-order chi connectivity index (χ1) is 13.2. The zero-order valence-electron chi connectivity index (χ0n) is 14.9. The van der Waals surface area contributed by atoms with Gasteiger partial charge in [-0.1, -0.05) is 6.07 Å². The summed E-state index contributed by atoms with van der Waals surface area (Å²) in [6.45, 7) is 2.57. The lowest BCUT2D eigenvalue weighted by atomic mass is 10.1. The molecule has 0 aromatic carbocycles. The van der Waals surface area contributed by atoms with Crippen LogP contribution in [0.25, 0.3) is 0 Å². The second-order valence-corrected chi connectivity index (χ2v) is 6.31. The molecule has 4 heterocycles. The van der Waals surface area contributed by atoms with Crippen molar-refractivity contribution in [2.45, 2.75) is 25.8 Å². The average molecular weight is 361 g/mol. The Balaban J connectivity index is 1.63. The average Bonchev–Trinajstić information content (AvgIpc) is 3.18. The second kappa shape index (κ2) is 7.45. The summed E-state index contributed by atoms with van der Waals surface area (Å²) in [6, 6.07) is 7.25. The van der Waals surface area contributed by atoms with Crippen LogP contribution in [0.2, 0.25) is 0 Å². The van der Waals surface area contributed by atoms with E-state index in [0.717, 1.165) is 24.2 Å². The Morgan fingerprint density at radius 1 is 1.07 bits per heavy atom. The van der Waals surface area contributed by atoms with Gasteiger partial charge in [0.25, 0.3) is 5.91 Å². The number of carbonyl (C=O) groups excluding carboxylic acids is 1. The van der Waals surface area contributed by atoms with Crippen molar-refractivity contribution in [1.29, 1.82) is 0 Å². The fourth-order valence-electron chi connectivity index (χ4n) is 3.25. The number of anilines is 2. The molecule has 136 valence electrons. The molecule has 3 aromatic rings. The lowest BCUT2D eigenvalue weighted by Gasteiger charge is -2.24. The highest BCUT2D eigenvalue weighted by Crippen LogP contribution is 2.35. The van der Waals surface area contributed by atoms with Crippen molar-refractivity contribution in [3.05, 3.63) is 66.3 Å². The molecule has 1 saturated heterocycles. The molecule has 1 amide bonds. The van der Waals surface area contributed by atoms with Crippen LogP contribution in [0.3, 0.4) is 0 Å². The Hall–Kier alpha value is -3.42. The summed E-state index contributed by atoms with van der Waals surface area (Å²) >= 11 is 0. The molecule has 1 fully saturated rings. The fourth-order valence-corrected chi connectivity index (χ4v) is 3.25. The first kappa shape index (κ1) is 17.0. The Labute approximate surface area is 156 Å². The Kier molecular flexibility index (Phi) is 4.69. The van der Waals surface area contributed by atoms with E-state index in [-0.39, 0.29) is 17.8 Å². The minimum Gasteiger partial charge on any atom is -0.327 e. The highest BCUT2D eigenvalue weighted by Gasteiger charge is 2.34. The van der Waals surface area contributed by atoms with Crippen LogP contribution in [-0.2, 0) is 0 Å². The lowest BCUT2D eigenvalue weighted by Crippen LogP contribution is -2.32. The second-order valence-electron chi connectivity index (χ2n) is 6.31. The predicted molar refractivity (Wildman–Crippen MR) is 99.3 cm³/mol. The summed E-state index contributed by atoms with van der Waals surface area (Å²) in [6.07, 6.45) is 8.12. The number of likely N-dealkylation sites (tertiary alicyclic amines) is 1. The van der Waals surface area contributed by atoms with Crippen LogP contribution >= 0.6 is 0 Å². The van der Waals surface area contributed by atoms with E-state index in [1.54, 1.807) is 35.8 Å². The molecule has 0 unspecified atom stereocenters. The maximum Gasteiger partial charge on any atom is 0.292 e. The minimum atomic E-state index is -0.191. The molecule has 1 aliphatic heterocycles. The van der Waals surface area contributed by atoms with Crippen molar-refractivity contribution in [2.24, 2.45) is 0 Å². The molecule has 0 radical (unpaired) electrons. The van der Waals surface area contributed by atoms with E-state index < -0.39 is 0 Å². The van der Waals surface area contributed by atoms with Crippen molar-refractivity contribution < 1.29 is 4.79 Å². The molecule has 27 heavy (non-hydrogen) atoms. The van der Waals surface area contributed by atoms with Crippen molar-refractivity contribution in [2.75, 3.05) is 11.9 Å². The maximum atomic E-state index is 12.9. The molecule has 8 heteroatoms. The van der Waals surface area contributed by atoms with E-state index in [1.807, 2.05) is 25.1 Å². The standard InChI is InChI=1S/C19H19N7O/c1-13-5-2-7-15(24-13)25-17-16(20-10-11-23-17)14-6-3-12-26(14)19(27)18-21-8-4-9-22-18/h2,4-5,7-11,14H,3,6,12H2,1H3,(H,23,24,25)/t14-/m0/s1. The van der Waals surface area contributed by atoms with E-state index in [4.69, 9.17) is 0 Å². The highest BCUT2D eigenvalue weighted by molar-refractivity contribution is 5.91. The first-order valence-corrected chi connectivity index (χ1v) is 8.82. The van der Waals surface area contributed by atoms with Gasteiger partial charge < -0.3 is 10.2 Å². The van der Waals surface area contributed by atoms with Gasteiger partial charge in [0.1, 0.15) is 11.5 Å². The summed E-state index contributed by atoms with van der Waals surface area (Å²) < 4.78 is 0. The number of nitrogens with one attached hydrogen (secondary N) is 1. The Bertz CT molecular complexity index is 948. The fraction of sp³-hybridized carbons (Fsp3) is 0.263. The summed E-state index contributed by atoms with van der Waals surface area (Å²) in [5, 5.41) is 3.24. The molecule has 4 rings (SSSR count). The maximum absolute atomic E-state index is 12.9. The number of nitrogens with zero attached hydrogens (tertiary/aromatic N) is 6. The van der Waals surface area contributed by atoms with Crippen LogP contribution in [-0.4, -0.2) is 42.3 Å². The van der Waals surface area contributed by atoms with Gasteiger partial charge in [0.15, 0.2) is 5.82 Å². The number of pyridine rings is 1. The summed E-state index contributed by atoms with van der Waals surface area (Å²) in [5.74, 6) is 1.31. The number of rotatable bonds is 4. The van der Waals surface area contributed by atoms with Crippen molar-refractivity contribution in [1.82, 2.24) is 29.8 Å². The number of carbonyl (C=O) groups is 1. The third-order valence-corrected chi connectivity index (χ3v) is 4.45. The van der Waals surface area contributed by atoms with Gasteiger partial charge >= 0.3 is 0 Å². The third-order valence-electron chi connectivity index (χ3n) is 4.45. The minimum absolute atomic E-state index is 0.178. The predicted octanol–water partition coefficient (Wildman–Crippen LogP) is 2.69. The summed E-state index contributed by atoms with van der Waals surface area (Å²) in [7, 11) is 0. The molecule has 1 N–H and O–H groups in total. The third kappa shape index (κ3) is 3.59. The van der Waals surface area contributed by atoms with E-state index in [0.29, 0.717) is 18.2 Å². The summed E-state index contributed by atoms with van der Waals surface area (Å²) in [5.41, 5.74) is 1.63. The molecule has 3 aromatic heterocycles. The van der Waals surface area contributed by atoms with Crippen molar-refractivity contribution in [3.8, 4) is 0 Å². The SMILES string of the molecule is Cc1cccc(Nc2nccnc2[C@@H]2CCCN2C(=O)c2ncccn2)n1. The molecule has 0 spiro atoms. The van der Waals surface area contributed by atoms with Crippen molar-refractivity contribution >= 4 is 17.5 Å². The van der Waals surface area contributed by atoms with E-state index in [2.05, 4.69) is 30.2 Å². The number of hydrogen-bond acceptors (Lipinski definition) is 7. The van der Waals surface area contributed by atoms with Gasteiger partial charge in [0, 0.05) is 37.0 Å². The molecule has 8 nitrogen and oxygen atoms in total. The van der Waals surface area contributed by atoms with Gasteiger partial charge in [-0.05, 0) is 38.0 Å². The van der Waals surface area contributed by atoms with Crippen LogP contribution < -0.4 is 5.32 Å². The van der Waals surface area contributed by atoms with E-state index in [1.165, 1.54) is 0 Å². The molecular formula is C19H19N7O.